The molecule has 2 N–H and O–H groups in total. The molecule has 3 aromatic rings. The topological polar surface area (TPSA) is 76.1 Å². The van der Waals surface area contributed by atoms with Crippen molar-refractivity contribution in [3.05, 3.63) is 71.4 Å². The van der Waals surface area contributed by atoms with E-state index >= 15 is 0 Å². The highest BCUT2D eigenvalue weighted by Crippen LogP contribution is 2.25. The van der Waals surface area contributed by atoms with Gasteiger partial charge in [0, 0.05) is 10.7 Å². The lowest BCUT2D eigenvalue weighted by Gasteiger charge is -2.14. The Labute approximate surface area is 162 Å². The van der Waals surface area contributed by atoms with Crippen molar-refractivity contribution >= 4 is 34.7 Å². The van der Waals surface area contributed by atoms with Crippen LogP contribution in [0.2, 0.25) is 5.02 Å². The minimum absolute atomic E-state index is 0.000286. The van der Waals surface area contributed by atoms with Crippen molar-refractivity contribution in [1.82, 2.24) is 10.2 Å². The van der Waals surface area contributed by atoms with Crippen LogP contribution in [0.1, 0.15) is 24.3 Å². The highest BCUT2D eigenvalue weighted by molar-refractivity contribution is 6.30. The van der Waals surface area contributed by atoms with E-state index in [1.807, 2.05) is 38.1 Å². The molecule has 0 radical (unpaired) electrons. The molecule has 138 valence electrons. The van der Waals surface area contributed by atoms with E-state index in [1.54, 1.807) is 36.4 Å². The summed E-state index contributed by atoms with van der Waals surface area (Å²) in [5.41, 5.74) is 1.57. The molecular weight excluding hydrogens is 364 g/mol. The van der Waals surface area contributed by atoms with Gasteiger partial charge in [-0.25, -0.2) is 0 Å². The summed E-state index contributed by atoms with van der Waals surface area (Å²) >= 11 is 5.96. The molecule has 0 aliphatic carbocycles. The number of para-hydroxylation sites is 2. The van der Waals surface area contributed by atoms with Crippen LogP contribution in [0, 0.1) is 0 Å². The summed E-state index contributed by atoms with van der Waals surface area (Å²) in [5, 5.41) is 14.5. The number of aromatic nitrogens is 2. The minimum Gasteiger partial charge on any atom is -0.489 e. The number of halogens is 1. The highest BCUT2D eigenvalue weighted by Gasteiger charge is 2.12. The Bertz CT molecular complexity index is 929. The second-order valence-electron chi connectivity index (χ2n) is 6.06. The Hall–Kier alpha value is -3.12. The van der Waals surface area contributed by atoms with Gasteiger partial charge in [0.05, 0.1) is 11.8 Å². The average molecular weight is 383 g/mol. The van der Waals surface area contributed by atoms with Crippen molar-refractivity contribution < 1.29 is 9.53 Å². The molecule has 0 atom stereocenters. The van der Waals surface area contributed by atoms with Crippen molar-refractivity contribution in [2.45, 2.75) is 20.0 Å². The van der Waals surface area contributed by atoms with Gasteiger partial charge in [-0.15, -0.1) is 10.2 Å². The van der Waals surface area contributed by atoms with Crippen LogP contribution in [0.25, 0.3) is 0 Å². The molecule has 7 heteroatoms. The van der Waals surface area contributed by atoms with Crippen LogP contribution in [0.3, 0.4) is 0 Å². The number of amides is 1. The third-order valence-electron chi connectivity index (χ3n) is 3.49. The third kappa shape index (κ3) is 5.18. The monoisotopic (exact) mass is 382 g/mol. The van der Waals surface area contributed by atoms with Gasteiger partial charge in [-0.05, 0) is 56.3 Å². The molecule has 0 fully saturated rings. The zero-order valence-electron chi connectivity index (χ0n) is 14.9. The summed E-state index contributed by atoms with van der Waals surface area (Å²) in [6.45, 7) is 3.85. The van der Waals surface area contributed by atoms with E-state index in [9.17, 15) is 4.79 Å². The van der Waals surface area contributed by atoms with Crippen molar-refractivity contribution in [1.29, 1.82) is 0 Å². The summed E-state index contributed by atoms with van der Waals surface area (Å²) in [5.74, 6) is 0.752. The number of hydrogen-bond acceptors (Lipinski definition) is 5. The fourth-order valence-corrected chi connectivity index (χ4v) is 2.54. The number of rotatable bonds is 6. The predicted molar refractivity (Wildman–Crippen MR) is 107 cm³/mol. The first-order valence-electron chi connectivity index (χ1n) is 8.44. The minimum atomic E-state index is -0.364. The molecule has 27 heavy (non-hydrogen) atoms. The normalized spacial score (nSPS) is 10.5. The van der Waals surface area contributed by atoms with Crippen LogP contribution < -0.4 is 15.4 Å². The van der Waals surface area contributed by atoms with Gasteiger partial charge in [-0.1, -0.05) is 29.8 Å². The number of carbonyl (C=O) groups is 1. The summed E-state index contributed by atoms with van der Waals surface area (Å²) in [4.78, 5) is 12.5. The van der Waals surface area contributed by atoms with Gasteiger partial charge in [0.15, 0.2) is 11.5 Å². The number of ether oxygens (including phenoxy) is 1. The molecule has 0 aliphatic rings. The summed E-state index contributed by atoms with van der Waals surface area (Å²) in [6, 6.07) is 17.8. The van der Waals surface area contributed by atoms with Gasteiger partial charge in [0.1, 0.15) is 5.75 Å². The molecule has 6 nitrogen and oxygen atoms in total. The Morgan fingerprint density at radius 1 is 1.04 bits per heavy atom. The van der Waals surface area contributed by atoms with Crippen molar-refractivity contribution in [2.24, 2.45) is 0 Å². The van der Waals surface area contributed by atoms with Crippen molar-refractivity contribution in [3.8, 4) is 5.75 Å². The zero-order valence-corrected chi connectivity index (χ0v) is 15.7. The quantitative estimate of drug-likeness (QED) is 0.633. The maximum Gasteiger partial charge on any atom is 0.276 e. The lowest BCUT2D eigenvalue weighted by molar-refractivity contribution is 0.102. The lowest BCUT2D eigenvalue weighted by atomic mass is 10.2. The zero-order chi connectivity index (χ0) is 19.2. The Kier molecular flexibility index (Phi) is 5.88. The molecule has 2 aromatic carbocycles. The molecule has 0 spiro atoms. The van der Waals surface area contributed by atoms with Crippen LogP contribution in [-0.4, -0.2) is 22.2 Å². The number of nitrogens with zero attached hydrogens (tertiary/aromatic N) is 2. The van der Waals surface area contributed by atoms with Gasteiger partial charge >= 0.3 is 0 Å². The molecule has 1 aromatic heterocycles. The third-order valence-corrected chi connectivity index (χ3v) is 3.73. The van der Waals surface area contributed by atoms with Crippen molar-refractivity contribution in [2.75, 3.05) is 10.6 Å². The maximum atomic E-state index is 12.5. The van der Waals surface area contributed by atoms with Gasteiger partial charge in [0.2, 0.25) is 0 Å². The van der Waals surface area contributed by atoms with E-state index in [0.29, 0.717) is 22.3 Å². The average Bonchev–Trinajstić information content (AvgIpc) is 2.63. The van der Waals surface area contributed by atoms with E-state index in [0.717, 1.165) is 5.69 Å². The summed E-state index contributed by atoms with van der Waals surface area (Å²) in [7, 11) is 0. The highest BCUT2D eigenvalue weighted by atomic mass is 35.5. The van der Waals surface area contributed by atoms with Gasteiger partial charge in [-0.2, -0.15) is 0 Å². The van der Waals surface area contributed by atoms with E-state index in [2.05, 4.69) is 20.8 Å². The molecule has 0 saturated carbocycles. The Morgan fingerprint density at radius 2 is 1.85 bits per heavy atom. The number of benzene rings is 2. The molecule has 0 aliphatic heterocycles. The van der Waals surface area contributed by atoms with E-state index in [1.165, 1.54) is 0 Å². The number of hydrogen-bond donors (Lipinski definition) is 2. The standard InChI is InChI=1S/C20H19ClN4O2/c1-13(2)27-18-9-4-3-8-16(18)23-20(26)17-10-11-19(25-24-17)22-15-7-5-6-14(21)12-15/h3-13H,1-2H3,(H,22,25)(H,23,26). The van der Waals surface area contributed by atoms with Gasteiger partial charge < -0.3 is 15.4 Å². The molecule has 0 unspecified atom stereocenters. The van der Waals surface area contributed by atoms with Crippen LogP contribution >= 0.6 is 11.6 Å². The van der Waals surface area contributed by atoms with E-state index in [4.69, 9.17) is 16.3 Å². The fourth-order valence-electron chi connectivity index (χ4n) is 2.35. The van der Waals surface area contributed by atoms with Crippen LogP contribution in [-0.2, 0) is 0 Å². The predicted octanol–water partition coefficient (Wildman–Crippen LogP) is 4.91. The molecule has 0 bridgehead atoms. The number of nitrogens with one attached hydrogen (secondary N) is 2. The largest absolute Gasteiger partial charge is 0.489 e. The smallest absolute Gasteiger partial charge is 0.276 e. The molecule has 1 amide bonds. The first-order chi connectivity index (χ1) is 13.0. The second-order valence-corrected chi connectivity index (χ2v) is 6.49. The van der Waals surface area contributed by atoms with Crippen molar-refractivity contribution in [3.63, 3.8) is 0 Å². The van der Waals surface area contributed by atoms with Crippen LogP contribution in [0.4, 0.5) is 17.2 Å². The first-order valence-corrected chi connectivity index (χ1v) is 8.82. The maximum absolute atomic E-state index is 12.5. The summed E-state index contributed by atoms with van der Waals surface area (Å²) < 4.78 is 5.71. The lowest BCUT2D eigenvalue weighted by Crippen LogP contribution is -2.16. The molecule has 1 heterocycles. The summed E-state index contributed by atoms with van der Waals surface area (Å²) in [6.07, 6.45) is -0.000286. The molecule has 3 rings (SSSR count). The van der Waals surface area contributed by atoms with E-state index in [-0.39, 0.29) is 17.7 Å². The molecular formula is C20H19ClN4O2. The van der Waals surface area contributed by atoms with Crippen LogP contribution in [0.15, 0.2) is 60.7 Å². The second kappa shape index (κ2) is 8.51. The van der Waals surface area contributed by atoms with E-state index < -0.39 is 0 Å². The Morgan fingerprint density at radius 3 is 2.56 bits per heavy atom. The first kappa shape index (κ1) is 18.7. The fraction of sp³-hybridized carbons (Fsp3) is 0.150. The SMILES string of the molecule is CC(C)Oc1ccccc1NC(=O)c1ccc(Nc2cccc(Cl)c2)nn1. The molecule has 0 saturated heterocycles. The Balaban J connectivity index is 1.69. The van der Waals surface area contributed by atoms with Gasteiger partial charge in [-0.3, -0.25) is 4.79 Å². The number of anilines is 3. The van der Waals surface area contributed by atoms with Crippen LogP contribution in [0.5, 0.6) is 5.75 Å². The van der Waals surface area contributed by atoms with Gasteiger partial charge in [0.25, 0.3) is 5.91 Å². The number of carbonyl (C=O) groups excluding carboxylic acids is 1.